The Morgan fingerprint density at radius 3 is 2.48 bits per heavy atom. The number of anilines is 1. The van der Waals surface area contributed by atoms with Gasteiger partial charge in [-0.3, -0.25) is 9.69 Å². The van der Waals surface area contributed by atoms with Gasteiger partial charge in [0.25, 0.3) is 0 Å². The predicted molar refractivity (Wildman–Crippen MR) is 120 cm³/mol. The molecule has 2 aromatic carbocycles. The van der Waals surface area contributed by atoms with E-state index in [9.17, 15) is 9.18 Å². The Labute approximate surface area is 181 Å². The zero-order chi connectivity index (χ0) is 21.5. The summed E-state index contributed by atoms with van der Waals surface area (Å²) in [6.45, 7) is 4.49. The Bertz CT molecular complexity index is 1010. The molecule has 1 aliphatic rings. The van der Waals surface area contributed by atoms with E-state index in [-0.39, 0.29) is 11.7 Å². The van der Waals surface area contributed by atoms with Crippen molar-refractivity contribution in [3.05, 3.63) is 78.3 Å². The van der Waals surface area contributed by atoms with Crippen molar-refractivity contribution in [2.24, 2.45) is 5.10 Å². The van der Waals surface area contributed by atoms with E-state index in [1.807, 2.05) is 6.07 Å². The zero-order valence-corrected chi connectivity index (χ0v) is 17.2. The second-order valence-electron chi connectivity index (χ2n) is 7.42. The van der Waals surface area contributed by atoms with Gasteiger partial charge in [0.15, 0.2) is 0 Å². The van der Waals surface area contributed by atoms with Crippen molar-refractivity contribution in [1.29, 1.82) is 0 Å². The van der Waals surface area contributed by atoms with Crippen LogP contribution < -0.4 is 10.3 Å². The van der Waals surface area contributed by atoms with Crippen molar-refractivity contribution in [2.75, 3.05) is 37.6 Å². The maximum atomic E-state index is 13.0. The molecule has 6 nitrogen and oxygen atoms in total. The lowest BCUT2D eigenvalue weighted by Crippen LogP contribution is -2.47. The summed E-state index contributed by atoms with van der Waals surface area (Å²) in [5.41, 5.74) is 4.57. The monoisotopic (exact) mass is 420 g/mol. The lowest BCUT2D eigenvalue weighted by molar-refractivity contribution is -0.121. The van der Waals surface area contributed by atoms with Gasteiger partial charge in [-0.15, -0.1) is 0 Å². The van der Waals surface area contributed by atoms with Crippen LogP contribution >= 0.6 is 0 Å². The first kappa shape index (κ1) is 20.8. The minimum absolute atomic E-state index is 0.132. The summed E-state index contributed by atoms with van der Waals surface area (Å²) in [4.78, 5) is 16.8. The van der Waals surface area contributed by atoms with E-state index >= 15 is 0 Å². The van der Waals surface area contributed by atoms with Crippen LogP contribution in [0.5, 0.6) is 0 Å². The molecule has 2 heterocycles. The number of furan rings is 1. The summed E-state index contributed by atoms with van der Waals surface area (Å²) in [5, 5.41) is 3.97. The van der Waals surface area contributed by atoms with Crippen molar-refractivity contribution < 1.29 is 13.6 Å². The van der Waals surface area contributed by atoms with Crippen LogP contribution in [0.1, 0.15) is 12.2 Å². The molecule has 0 aliphatic carbocycles. The van der Waals surface area contributed by atoms with Crippen LogP contribution in [-0.2, 0) is 4.79 Å². The van der Waals surface area contributed by atoms with Crippen molar-refractivity contribution in [3.63, 3.8) is 0 Å². The quantitative estimate of drug-likeness (QED) is 0.467. The Hall–Kier alpha value is -3.45. The summed E-state index contributed by atoms with van der Waals surface area (Å²) in [5.74, 6) is 0.698. The summed E-state index contributed by atoms with van der Waals surface area (Å²) in [7, 11) is 0. The average Bonchev–Trinajstić information content (AvgIpc) is 3.28. The number of nitrogens with zero attached hydrogens (tertiary/aromatic N) is 3. The number of hydrazone groups is 1. The number of piperazine rings is 1. The fraction of sp³-hybridized carbons (Fsp3) is 0.250. The number of rotatable bonds is 7. The fourth-order valence-electron chi connectivity index (χ4n) is 3.54. The summed E-state index contributed by atoms with van der Waals surface area (Å²) >= 11 is 0. The molecule has 1 saturated heterocycles. The van der Waals surface area contributed by atoms with Crippen LogP contribution in [0.3, 0.4) is 0 Å². The molecule has 0 saturated carbocycles. The molecular weight excluding hydrogens is 395 g/mol. The molecule has 0 spiro atoms. The van der Waals surface area contributed by atoms with E-state index in [2.05, 4.69) is 44.6 Å². The van der Waals surface area contributed by atoms with E-state index in [1.165, 1.54) is 24.0 Å². The lowest BCUT2D eigenvalue weighted by Gasteiger charge is -2.36. The van der Waals surface area contributed by atoms with Gasteiger partial charge < -0.3 is 9.32 Å². The maximum absolute atomic E-state index is 13.0. The number of benzene rings is 2. The molecule has 31 heavy (non-hydrogen) atoms. The van der Waals surface area contributed by atoms with E-state index in [0.717, 1.165) is 31.7 Å². The third-order valence-corrected chi connectivity index (χ3v) is 5.29. The molecule has 160 valence electrons. The van der Waals surface area contributed by atoms with Crippen molar-refractivity contribution in [2.45, 2.75) is 6.42 Å². The van der Waals surface area contributed by atoms with Crippen molar-refractivity contribution in [3.8, 4) is 11.3 Å². The first-order valence-electron chi connectivity index (χ1n) is 10.4. The van der Waals surface area contributed by atoms with Crippen molar-refractivity contribution >= 4 is 17.8 Å². The number of amides is 1. The molecule has 0 atom stereocenters. The Kier molecular flexibility index (Phi) is 6.74. The minimum atomic E-state index is -0.294. The molecule has 1 amide bonds. The molecule has 4 rings (SSSR count). The van der Waals surface area contributed by atoms with Gasteiger partial charge in [0.2, 0.25) is 5.91 Å². The highest BCUT2D eigenvalue weighted by Gasteiger charge is 2.17. The molecule has 3 aromatic rings. The molecule has 0 unspecified atom stereocenters. The highest BCUT2D eigenvalue weighted by Crippen LogP contribution is 2.21. The van der Waals surface area contributed by atoms with E-state index in [4.69, 9.17) is 4.42 Å². The van der Waals surface area contributed by atoms with Gasteiger partial charge in [-0.25, -0.2) is 9.82 Å². The van der Waals surface area contributed by atoms with Crippen LogP contribution in [0, 0.1) is 5.82 Å². The topological polar surface area (TPSA) is 61.1 Å². The molecule has 7 heteroatoms. The fourth-order valence-corrected chi connectivity index (χ4v) is 3.54. The van der Waals surface area contributed by atoms with Gasteiger partial charge in [-0.2, -0.15) is 5.10 Å². The first-order chi connectivity index (χ1) is 15.2. The molecule has 1 N–H and O–H groups in total. The average molecular weight is 420 g/mol. The van der Waals surface area contributed by atoms with Crippen LogP contribution in [0.25, 0.3) is 11.3 Å². The SMILES string of the molecule is O=C(CCN1CCN(c2ccccc2)CC1)N/N=C/c1ccc(-c2ccc(F)cc2)o1. The third kappa shape index (κ3) is 5.79. The molecular formula is C24H25FN4O2. The Balaban J connectivity index is 1.18. The number of para-hydroxylation sites is 1. The maximum Gasteiger partial charge on any atom is 0.241 e. The second kappa shape index (κ2) is 10.0. The highest BCUT2D eigenvalue weighted by molar-refractivity contribution is 5.81. The number of carbonyl (C=O) groups excluding carboxylic acids is 1. The van der Waals surface area contributed by atoms with Gasteiger partial charge in [0.05, 0.1) is 6.21 Å². The Morgan fingerprint density at radius 1 is 1.00 bits per heavy atom. The molecule has 1 aliphatic heterocycles. The van der Waals surface area contributed by atoms with Gasteiger partial charge in [-0.1, -0.05) is 18.2 Å². The predicted octanol–water partition coefficient (Wildman–Crippen LogP) is 3.75. The second-order valence-corrected chi connectivity index (χ2v) is 7.42. The number of carbonyl (C=O) groups is 1. The lowest BCUT2D eigenvalue weighted by atomic mass is 10.2. The van der Waals surface area contributed by atoms with E-state index in [0.29, 0.717) is 24.5 Å². The number of hydrogen-bond acceptors (Lipinski definition) is 5. The number of hydrogen-bond donors (Lipinski definition) is 1. The van der Waals surface area contributed by atoms with Crippen molar-refractivity contribution in [1.82, 2.24) is 10.3 Å². The van der Waals surface area contributed by atoms with E-state index in [1.54, 1.807) is 24.3 Å². The number of nitrogens with one attached hydrogen (secondary N) is 1. The van der Waals surface area contributed by atoms with Gasteiger partial charge >= 0.3 is 0 Å². The van der Waals surface area contributed by atoms with Crippen LogP contribution in [0.4, 0.5) is 10.1 Å². The molecule has 1 fully saturated rings. The standard InChI is InChI=1S/C24H25FN4O2/c25-20-8-6-19(7-9-20)23-11-10-22(31-23)18-26-27-24(30)12-13-28-14-16-29(17-15-28)21-4-2-1-3-5-21/h1-11,18H,12-17H2,(H,27,30)/b26-18+. The summed E-state index contributed by atoms with van der Waals surface area (Å²) < 4.78 is 18.7. The summed E-state index contributed by atoms with van der Waals surface area (Å²) in [6.07, 6.45) is 1.85. The Morgan fingerprint density at radius 2 is 1.74 bits per heavy atom. The van der Waals surface area contributed by atoms with Gasteiger partial charge in [0, 0.05) is 50.4 Å². The molecule has 1 aromatic heterocycles. The molecule has 0 bridgehead atoms. The van der Waals surface area contributed by atoms with Crippen LogP contribution in [0.2, 0.25) is 0 Å². The zero-order valence-electron chi connectivity index (χ0n) is 17.2. The van der Waals surface area contributed by atoms with E-state index < -0.39 is 0 Å². The highest BCUT2D eigenvalue weighted by atomic mass is 19.1. The van der Waals surface area contributed by atoms with Crippen LogP contribution in [-0.4, -0.2) is 49.7 Å². The smallest absolute Gasteiger partial charge is 0.241 e. The number of halogens is 1. The van der Waals surface area contributed by atoms with Gasteiger partial charge in [0.1, 0.15) is 17.3 Å². The summed E-state index contributed by atoms with van der Waals surface area (Å²) in [6, 6.07) is 20.0. The molecule has 0 radical (unpaired) electrons. The normalized spacial score (nSPS) is 14.8. The van der Waals surface area contributed by atoms with Crippen LogP contribution in [0.15, 0.2) is 76.2 Å². The third-order valence-electron chi connectivity index (χ3n) is 5.29. The van der Waals surface area contributed by atoms with Gasteiger partial charge in [-0.05, 0) is 48.5 Å². The first-order valence-corrected chi connectivity index (χ1v) is 10.4. The minimum Gasteiger partial charge on any atom is -0.455 e. The largest absolute Gasteiger partial charge is 0.455 e.